The van der Waals surface area contributed by atoms with Crippen LogP contribution in [0.15, 0.2) is 12.1 Å². The molecule has 0 aliphatic rings. The Morgan fingerprint density at radius 3 is 2.07 bits per heavy atom. The topological polar surface area (TPSA) is 66.5 Å². The number of benzene rings is 1. The second-order valence-corrected chi connectivity index (χ2v) is 3.10. The van der Waals surface area contributed by atoms with Crippen LogP contribution in [0.4, 0.5) is 8.78 Å². The molecule has 0 aliphatic heterocycles. The van der Waals surface area contributed by atoms with Crippen molar-refractivity contribution in [1.82, 2.24) is 0 Å². The highest BCUT2D eigenvalue weighted by Gasteiger charge is 2.17. The molecule has 0 amide bonds. The maximum absolute atomic E-state index is 12.8. The summed E-state index contributed by atoms with van der Waals surface area (Å²) in [5.41, 5.74) is 5.57. The van der Waals surface area contributed by atoms with Gasteiger partial charge in [0.05, 0.1) is 12.1 Å². The molecule has 0 radical (unpaired) electrons. The van der Waals surface area contributed by atoms with Crippen LogP contribution >= 0.6 is 0 Å². The lowest BCUT2D eigenvalue weighted by atomic mass is 10.0. The van der Waals surface area contributed by atoms with E-state index in [0.717, 1.165) is 12.1 Å². The van der Waals surface area contributed by atoms with Crippen molar-refractivity contribution in [2.45, 2.75) is 19.1 Å². The van der Waals surface area contributed by atoms with Gasteiger partial charge in [-0.15, -0.1) is 0 Å². The van der Waals surface area contributed by atoms with E-state index >= 15 is 0 Å². The molecule has 0 heterocycles. The van der Waals surface area contributed by atoms with Crippen molar-refractivity contribution in [2.24, 2.45) is 5.73 Å². The van der Waals surface area contributed by atoms with Gasteiger partial charge in [0.2, 0.25) is 0 Å². The van der Waals surface area contributed by atoms with Gasteiger partial charge in [-0.05, 0) is 24.6 Å². The van der Waals surface area contributed by atoms with Gasteiger partial charge in [-0.1, -0.05) is 0 Å². The fourth-order valence-corrected chi connectivity index (χ4v) is 1.06. The Bertz CT molecular complexity index is 319. The second-order valence-electron chi connectivity index (χ2n) is 3.10. The molecular formula is C9H11F2NO2. The fraction of sp³-hybridized carbons (Fsp3) is 0.333. The average Bonchev–Trinajstić information content (AvgIpc) is 2.12. The summed E-state index contributed by atoms with van der Waals surface area (Å²) in [6, 6.07) is 0.922. The van der Waals surface area contributed by atoms with E-state index in [1.54, 1.807) is 0 Å². The van der Waals surface area contributed by atoms with Crippen LogP contribution in [0, 0.1) is 11.6 Å². The Morgan fingerprint density at radius 1 is 1.29 bits per heavy atom. The number of phenolic OH excluding ortho intramolecular Hbond substituents is 1. The number of aromatic hydroxyl groups is 1. The number of phenols is 1. The van der Waals surface area contributed by atoms with Crippen molar-refractivity contribution in [1.29, 1.82) is 0 Å². The first-order valence-electron chi connectivity index (χ1n) is 4.05. The monoisotopic (exact) mass is 203 g/mol. The molecule has 1 aromatic carbocycles. The van der Waals surface area contributed by atoms with E-state index in [-0.39, 0.29) is 5.56 Å². The maximum Gasteiger partial charge on any atom is 0.187 e. The van der Waals surface area contributed by atoms with Gasteiger partial charge in [-0.2, -0.15) is 0 Å². The summed E-state index contributed by atoms with van der Waals surface area (Å²) in [7, 11) is 0. The van der Waals surface area contributed by atoms with Crippen LogP contribution < -0.4 is 5.73 Å². The minimum absolute atomic E-state index is 0.104. The summed E-state index contributed by atoms with van der Waals surface area (Å²) in [4.78, 5) is 0. The molecule has 1 aromatic rings. The Hall–Kier alpha value is -1.20. The summed E-state index contributed by atoms with van der Waals surface area (Å²) in [5.74, 6) is -3.21. The Kier molecular flexibility index (Phi) is 3.03. The van der Waals surface area contributed by atoms with E-state index in [9.17, 15) is 8.78 Å². The molecule has 0 unspecified atom stereocenters. The number of nitrogens with two attached hydrogens (primary N) is 1. The summed E-state index contributed by atoms with van der Waals surface area (Å²) in [5, 5.41) is 17.9. The zero-order chi connectivity index (χ0) is 10.9. The minimum Gasteiger partial charge on any atom is -0.503 e. The Morgan fingerprint density at radius 2 is 1.71 bits per heavy atom. The van der Waals surface area contributed by atoms with Crippen LogP contribution in [0.1, 0.15) is 18.5 Å². The van der Waals surface area contributed by atoms with Crippen molar-refractivity contribution in [3.8, 4) is 5.75 Å². The lowest BCUT2D eigenvalue weighted by Gasteiger charge is -2.15. The zero-order valence-electron chi connectivity index (χ0n) is 7.54. The number of hydrogen-bond donors (Lipinski definition) is 3. The molecular weight excluding hydrogens is 192 g/mol. The molecule has 3 nitrogen and oxygen atoms in total. The summed E-state index contributed by atoms with van der Waals surface area (Å²) in [6.07, 6.45) is -0.918. The molecule has 0 aliphatic carbocycles. The number of rotatable bonds is 2. The van der Waals surface area contributed by atoms with Crippen LogP contribution in [0.5, 0.6) is 5.75 Å². The third kappa shape index (κ3) is 2.00. The fourth-order valence-electron chi connectivity index (χ4n) is 1.06. The van der Waals surface area contributed by atoms with E-state index in [0.29, 0.717) is 0 Å². The molecule has 78 valence electrons. The first-order chi connectivity index (χ1) is 6.43. The molecule has 1 rings (SSSR count). The third-order valence-corrected chi connectivity index (χ3v) is 1.94. The van der Waals surface area contributed by atoms with E-state index in [1.807, 2.05) is 0 Å². The van der Waals surface area contributed by atoms with E-state index in [2.05, 4.69) is 0 Å². The van der Waals surface area contributed by atoms with Crippen molar-refractivity contribution in [3.05, 3.63) is 29.3 Å². The van der Waals surface area contributed by atoms with E-state index in [4.69, 9.17) is 15.9 Å². The normalized spacial score (nSPS) is 15.2. The lowest BCUT2D eigenvalue weighted by Crippen LogP contribution is -2.23. The van der Waals surface area contributed by atoms with Crippen LogP contribution in [0.3, 0.4) is 0 Å². The number of aliphatic hydroxyl groups excluding tert-OH is 1. The smallest absolute Gasteiger partial charge is 0.187 e. The molecule has 5 heteroatoms. The largest absolute Gasteiger partial charge is 0.503 e. The highest BCUT2D eigenvalue weighted by Crippen LogP contribution is 2.25. The van der Waals surface area contributed by atoms with Crippen LogP contribution in [0.2, 0.25) is 0 Å². The maximum atomic E-state index is 12.8. The summed E-state index contributed by atoms with van der Waals surface area (Å²) >= 11 is 0. The molecule has 0 aromatic heterocycles. The second kappa shape index (κ2) is 3.89. The van der Waals surface area contributed by atoms with Gasteiger partial charge in [0, 0.05) is 0 Å². The van der Waals surface area contributed by atoms with Crippen molar-refractivity contribution < 1.29 is 19.0 Å². The lowest BCUT2D eigenvalue weighted by molar-refractivity contribution is 0.164. The molecule has 0 spiro atoms. The van der Waals surface area contributed by atoms with Gasteiger partial charge in [-0.3, -0.25) is 0 Å². The predicted octanol–water partition coefficient (Wildman–Crippen LogP) is 1.05. The van der Waals surface area contributed by atoms with Gasteiger partial charge in [0.25, 0.3) is 0 Å². The third-order valence-electron chi connectivity index (χ3n) is 1.94. The average molecular weight is 203 g/mol. The van der Waals surface area contributed by atoms with Gasteiger partial charge in [0.1, 0.15) is 0 Å². The van der Waals surface area contributed by atoms with E-state index < -0.39 is 29.5 Å². The number of hydrogen-bond acceptors (Lipinski definition) is 3. The summed E-state index contributed by atoms with van der Waals surface area (Å²) in [6.45, 7) is 1.41. The van der Waals surface area contributed by atoms with Gasteiger partial charge < -0.3 is 15.9 Å². The molecule has 0 fully saturated rings. The number of halogens is 2. The first kappa shape index (κ1) is 10.9. The van der Waals surface area contributed by atoms with Crippen LogP contribution in [-0.4, -0.2) is 16.3 Å². The van der Waals surface area contributed by atoms with Gasteiger partial charge >= 0.3 is 0 Å². The quantitative estimate of drug-likeness (QED) is 0.673. The van der Waals surface area contributed by atoms with E-state index in [1.165, 1.54) is 6.92 Å². The highest BCUT2D eigenvalue weighted by molar-refractivity contribution is 5.31. The molecule has 0 saturated carbocycles. The standard InChI is InChI=1S/C9H11F2NO2/c1-4(13)8(12)5-2-6(10)9(14)7(11)3-5/h2-4,8,13-14H,12H2,1H3/t4-,8+/m1/s1. The predicted molar refractivity (Wildman–Crippen MR) is 46.6 cm³/mol. The first-order valence-corrected chi connectivity index (χ1v) is 4.05. The Labute approximate surface area is 79.8 Å². The van der Waals surface area contributed by atoms with Crippen LogP contribution in [-0.2, 0) is 0 Å². The molecule has 0 bridgehead atoms. The van der Waals surface area contributed by atoms with Crippen molar-refractivity contribution in [3.63, 3.8) is 0 Å². The SMILES string of the molecule is C[C@@H](O)[C@H](N)c1cc(F)c(O)c(F)c1. The van der Waals surface area contributed by atoms with Gasteiger partial charge in [0.15, 0.2) is 17.4 Å². The zero-order valence-corrected chi connectivity index (χ0v) is 7.54. The molecule has 0 saturated heterocycles. The molecule has 2 atom stereocenters. The highest BCUT2D eigenvalue weighted by atomic mass is 19.1. The minimum atomic E-state index is -1.09. The Balaban J connectivity index is 3.12. The van der Waals surface area contributed by atoms with Crippen molar-refractivity contribution >= 4 is 0 Å². The van der Waals surface area contributed by atoms with Crippen LogP contribution in [0.25, 0.3) is 0 Å². The molecule has 14 heavy (non-hydrogen) atoms. The molecule has 4 N–H and O–H groups in total. The van der Waals surface area contributed by atoms with Crippen molar-refractivity contribution in [2.75, 3.05) is 0 Å². The summed E-state index contributed by atoms with van der Waals surface area (Å²) < 4.78 is 25.7. The van der Waals surface area contributed by atoms with Gasteiger partial charge in [-0.25, -0.2) is 8.78 Å². The number of aliphatic hydroxyl groups is 1.